The Bertz CT molecular complexity index is 315. The van der Waals surface area contributed by atoms with Crippen LogP contribution in [0.1, 0.15) is 25.7 Å². The summed E-state index contributed by atoms with van der Waals surface area (Å²) < 4.78 is 0. The summed E-state index contributed by atoms with van der Waals surface area (Å²) in [5, 5.41) is 8.93. The molecular formula is C12H19NO3S. The van der Waals surface area contributed by atoms with Crippen molar-refractivity contribution in [1.29, 1.82) is 0 Å². The summed E-state index contributed by atoms with van der Waals surface area (Å²) in [6.07, 6.45) is 2.99. The van der Waals surface area contributed by atoms with Gasteiger partial charge in [-0.1, -0.05) is 0 Å². The van der Waals surface area contributed by atoms with Gasteiger partial charge in [0.15, 0.2) is 0 Å². The zero-order chi connectivity index (χ0) is 12.4. The fourth-order valence-corrected chi connectivity index (χ4v) is 3.99. The van der Waals surface area contributed by atoms with Crippen molar-refractivity contribution in [2.45, 2.75) is 31.7 Å². The lowest BCUT2D eigenvalue weighted by molar-refractivity contribution is -0.141. The molecule has 17 heavy (non-hydrogen) atoms. The number of aliphatic carboxylic acids is 1. The van der Waals surface area contributed by atoms with Crippen LogP contribution < -0.4 is 0 Å². The molecule has 5 heteroatoms. The molecule has 3 atom stereocenters. The average Bonchev–Trinajstić information content (AvgIpc) is 2.97. The van der Waals surface area contributed by atoms with E-state index in [4.69, 9.17) is 5.11 Å². The largest absolute Gasteiger partial charge is 0.481 e. The minimum atomic E-state index is -0.751. The van der Waals surface area contributed by atoms with Crippen LogP contribution in [0.15, 0.2) is 0 Å². The lowest BCUT2D eigenvalue weighted by atomic mass is 10.0. The first kappa shape index (κ1) is 12.7. The van der Waals surface area contributed by atoms with Crippen molar-refractivity contribution >= 4 is 23.6 Å². The van der Waals surface area contributed by atoms with Gasteiger partial charge in [0.05, 0.1) is 5.92 Å². The number of amides is 1. The molecular weight excluding hydrogens is 238 g/mol. The van der Waals surface area contributed by atoms with E-state index in [1.54, 1.807) is 0 Å². The van der Waals surface area contributed by atoms with Gasteiger partial charge < -0.3 is 10.0 Å². The number of nitrogens with zero attached hydrogens (tertiary/aromatic N) is 1. The molecule has 2 fully saturated rings. The van der Waals surface area contributed by atoms with Gasteiger partial charge in [0.2, 0.25) is 5.91 Å². The van der Waals surface area contributed by atoms with E-state index in [1.165, 1.54) is 0 Å². The molecule has 3 unspecified atom stereocenters. The highest BCUT2D eigenvalue weighted by atomic mass is 32.2. The Hall–Kier alpha value is -0.710. The number of thioether (sulfide) groups is 1. The first-order chi connectivity index (χ1) is 8.09. The van der Waals surface area contributed by atoms with Crippen molar-refractivity contribution in [3.05, 3.63) is 0 Å². The fraction of sp³-hybridized carbons (Fsp3) is 0.833. The average molecular weight is 257 g/mol. The molecule has 0 aromatic carbocycles. The van der Waals surface area contributed by atoms with Gasteiger partial charge in [0, 0.05) is 24.8 Å². The van der Waals surface area contributed by atoms with E-state index in [0.29, 0.717) is 18.9 Å². The van der Waals surface area contributed by atoms with E-state index in [0.717, 1.165) is 24.3 Å². The number of carbonyl (C=O) groups is 2. The smallest absolute Gasteiger partial charge is 0.306 e. The molecule has 4 nitrogen and oxygen atoms in total. The third-order valence-corrected chi connectivity index (χ3v) is 5.08. The van der Waals surface area contributed by atoms with Gasteiger partial charge in [-0.25, -0.2) is 0 Å². The Kier molecular flexibility index (Phi) is 3.97. The maximum atomic E-state index is 12.2. The molecule has 1 saturated carbocycles. The van der Waals surface area contributed by atoms with E-state index in [2.05, 4.69) is 0 Å². The SMILES string of the molecule is CN(C(=O)C1CCC(C(=O)O)C1)C1CCSC1. The van der Waals surface area contributed by atoms with Gasteiger partial charge in [-0.15, -0.1) is 0 Å². The number of hydrogen-bond acceptors (Lipinski definition) is 3. The third kappa shape index (κ3) is 2.76. The molecule has 0 spiro atoms. The van der Waals surface area contributed by atoms with Gasteiger partial charge in [-0.3, -0.25) is 9.59 Å². The zero-order valence-corrected chi connectivity index (χ0v) is 10.9. The molecule has 2 rings (SSSR count). The first-order valence-corrected chi connectivity index (χ1v) is 7.32. The highest BCUT2D eigenvalue weighted by Gasteiger charge is 2.36. The number of carboxylic acid groups (broad SMARTS) is 1. The van der Waals surface area contributed by atoms with Gasteiger partial charge >= 0.3 is 5.97 Å². The Balaban J connectivity index is 1.89. The molecule has 1 aliphatic heterocycles. The Morgan fingerprint density at radius 2 is 1.94 bits per heavy atom. The summed E-state index contributed by atoms with van der Waals surface area (Å²) >= 11 is 1.89. The fourth-order valence-electron chi connectivity index (χ4n) is 2.73. The Morgan fingerprint density at radius 3 is 2.47 bits per heavy atom. The summed E-state index contributed by atoms with van der Waals surface area (Å²) in [5.74, 6) is 1.18. The molecule has 0 radical (unpaired) electrons. The predicted octanol–water partition coefficient (Wildman–Crippen LogP) is 1.45. The minimum Gasteiger partial charge on any atom is -0.481 e. The molecule has 1 saturated heterocycles. The van der Waals surface area contributed by atoms with Crippen LogP contribution in [0.3, 0.4) is 0 Å². The molecule has 1 aliphatic carbocycles. The summed E-state index contributed by atoms with van der Waals surface area (Å²) in [7, 11) is 1.87. The highest BCUT2D eigenvalue weighted by Crippen LogP contribution is 2.33. The first-order valence-electron chi connectivity index (χ1n) is 6.17. The monoisotopic (exact) mass is 257 g/mol. The van der Waals surface area contributed by atoms with Crippen LogP contribution in [0.4, 0.5) is 0 Å². The second-order valence-corrected chi connectivity index (χ2v) is 6.16. The molecule has 0 bridgehead atoms. The van der Waals surface area contributed by atoms with Crippen LogP contribution in [0, 0.1) is 11.8 Å². The number of rotatable bonds is 3. The summed E-state index contributed by atoms with van der Waals surface area (Å²) in [6.45, 7) is 0. The molecule has 1 amide bonds. The van der Waals surface area contributed by atoms with Crippen molar-refractivity contribution in [3.63, 3.8) is 0 Å². The van der Waals surface area contributed by atoms with E-state index in [1.807, 2.05) is 23.7 Å². The standard InChI is InChI=1S/C12H19NO3S/c1-13(10-4-5-17-7-10)11(14)8-2-3-9(6-8)12(15)16/h8-10H,2-7H2,1H3,(H,15,16). The highest BCUT2D eigenvalue weighted by molar-refractivity contribution is 7.99. The maximum Gasteiger partial charge on any atom is 0.306 e. The molecule has 1 N–H and O–H groups in total. The topological polar surface area (TPSA) is 57.6 Å². The van der Waals surface area contributed by atoms with Gasteiger partial charge in [-0.05, 0) is 31.4 Å². The summed E-state index contributed by atoms with van der Waals surface area (Å²) in [4.78, 5) is 24.9. The van der Waals surface area contributed by atoms with Crippen molar-refractivity contribution in [3.8, 4) is 0 Å². The third-order valence-electron chi connectivity index (χ3n) is 3.93. The minimum absolute atomic E-state index is 0.0632. The molecule has 0 aromatic rings. The van der Waals surface area contributed by atoms with E-state index in [9.17, 15) is 9.59 Å². The van der Waals surface area contributed by atoms with Gasteiger partial charge in [0.25, 0.3) is 0 Å². The lowest BCUT2D eigenvalue weighted by Gasteiger charge is -2.26. The Morgan fingerprint density at radius 1 is 1.24 bits per heavy atom. The normalized spacial score (nSPS) is 32.6. The number of hydrogen-bond donors (Lipinski definition) is 1. The van der Waals surface area contributed by atoms with Crippen molar-refractivity contribution < 1.29 is 14.7 Å². The molecule has 96 valence electrons. The van der Waals surface area contributed by atoms with E-state index >= 15 is 0 Å². The number of carboxylic acids is 1. The molecule has 2 aliphatic rings. The lowest BCUT2D eigenvalue weighted by Crippen LogP contribution is -2.40. The van der Waals surface area contributed by atoms with Gasteiger partial charge in [0.1, 0.15) is 0 Å². The van der Waals surface area contributed by atoms with Crippen LogP contribution in [0.2, 0.25) is 0 Å². The Labute approximate surface area is 106 Å². The van der Waals surface area contributed by atoms with Crippen LogP contribution in [0.5, 0.6) is 0 Å². The summed E-state index contributed by atoms with van der Waals surface area (Å²) in [5.41, 5.74) is 0. The second kappa shape index (κ2) is 5.29. The second-order valence-electron chi connectivity index (χ2n) is 5.01. The summed E-state index contributed by atoms with van der Waals surface area (Å²) in [6, 6.07) is 0.358. The van der Waals surface area contributed by atoms with Crippen LogP contribution in [0.25, 0.3) is 0 Å². The van der Waals surface area contributed by atoms with Crippen molar-refractivity contribution in [1.82, 2.24) is 4.90 Å². The van der Waals surface area contributed by atoms with E-state index < -0.39 is 5.97 Å². The molecule has 1 heterocycles. The van der Waals surface area contributed by atoms with Crippen molar-refractivity contribution in [2.24, 2.45) is 11.8 Å². The maximum absolute atomic E-state index is 12.2. The quantitative estimate of drug-likeness (QED) is 0.831. The number of carbonyl (C=O) groups excluding carboxylic acids is 1. The molecule has 0 aromatic heterocycles. The van der Waals surface area contributed by atoms with Crippen LogP contribution in [-0.4, -0.2) is 46.5 Å². The van der Waals surface area contributed by atoms with E-state index in [-0.39, 0.29) is 17.7 Å². The van der Waals surface area contributed by atoms with Crippen molar-refractivity contribution in [2.75, 3.05) is 18.6 Å². The van der Waals surface area contributed by atoms with Gasteiger partial charge in [-0.2, -0.15) is 11.8 Å². The zero-order valence-electron chi connectivity index (χ0n) is 10.1. The van der Waals surface area contributed by atoms with Crippen LogP contribution >= 0.6 is 11.8 Å². The predicted molar refractivity (Wildman–Crippen MR) is 67.0 cm³/mol. The van der Waals surface area contributed by atoms with Crippen LogP contribution in [-0.2, 0) is 9.59 Å².